The number of ketones is 1. The molecule has 2 rings (SSSR count). The first-order valence-electron chi connectivity index (χ1n) is 6.00. The van der Waals surface area contributed by atoms with E-state index in [2.05, 4.69) is 40.1 Å². The highest BCUT2D eigenvalue weighted by Crippen LogP contribution is 2.39. The first-order valence-corrected chi connectivity index (χ1v) is 6.79. The average molecular weight is 300 g/mol. The van der Waals surface area contributed by atoms with E-state index in [0.29, 0.717) is 15.7 Å². The fourth-order valence-electron chi connectivity index (χ4n) is 2.45. The van der Waals surface area contributed by atoms with Crippen LogP contribution in [0.25, 0.3) is 0 Å². The molecule has 0 spiro atoms. The molecule has 0 radical (unpaired) electrons. The zero-order valence-electron chi connectivity index (χ0n) is 10.5. The summed E-state index contributed by atoms with van der Waals surface area (Å²) in [6.45, 7) is 4.55. The van der Waals surface area contributed by atoms with Gasteiger partial charge in [0.15, 0.2) is 10.4 Å². The van der Waals surface area contributed by atoms with Gasteiger partial charge >= 0.3 is 0 Å². The first kappa shape index (κ1) is 12.7. The summed E-state index contributed by atoms with van der Waals surface area (Å²) in [5, 5.41) is 7.73. The number of halogens is 1. The zero-order chi connectivity index (χ0) is 12.6. The molecule has 0 atom stereocenters. The minimum absolute atomic E-state index is 0.136. The summed E-state index contributed by atoms with van der Waals surface area (Å²) in [6, 6.07) is 0. The molecule has 0 N–H and O–H groups in total. The highest BCUT2D eigenvalue weighted by molar-refractivity contribution is 9.10. The summed E-state index contributed by atoms with van der Waals surface area (Å²) in [6.07, 6.45) is 4.19. The van der Waals surface area contributed by atoms with Gasteiger partial charge in [-0.15, -0.1) is 5.10 Å². The van der Waals surface area contributed by atoms with Gasteiger partial charge in [-0.05, 0) is 47.0 Å². The van der Waals surface area contributed by atoms with E-state index < -0.39 is 0 Å². The second-order valence-electron chi connectivity index (χ2n) is 5.66. The maximum absolute atomic E-state index is 12.4. The predicted molar refractivity (Wildman–Crippen MR) is 68.8 cm³/mol. The molecule has 0 aliphatic heterocycles. The third kappa shape index (κ3) is 2.59. The molecular weight excluding hydrogens is 282 g/mol. The van der Waals surface area contributed by atoms with Gasteiger partial charge in [-0.2, -0.15) is 0 Å². The minimum Gasteiger partial charge on any atom is -0.292 e. The Hall–Kier alpha value is -0.710. The van der Waals surface area contributed by atoms with Crippen molar-refractivity contribution < 1.29 is 4.79 Å². The summed E-state index contributed by atoms with van der Waals surface area (Å²) in [5.74, 6) is 0.316. The Labute approximate surface area is 110 Å². The normalized spacial score (nSPS) is 20.5. The second kappa shape index (κ2) is 4.52. The van der Waals surface area contributed by atoms with Gasteiger partial charge in [-0.25, -0.2) is 4.68 Å². The molecule has 1 aliphatic carbocycles. The summed E-state index contributed by atoms with van der Waals surface area (Å²) in [7, 11) is 1.76. The molecule has 1 saturated carbocycles. The Bertz CT molecular complexity index is 409. The van der Waals surface area contributed by atoms with Gasteiger partial charge in [-0.3, -0.25) is 4.79 Å². The van der Waals surface area contributed by atoms with Crippen molar-refractivity contribution in [2.45, 2.75) is 39.5 Å². The summed E-state index contributed by atoms with van der Waals surface area (Å²) >= 11 is 3.29. The number of aryl methyl sites for hydroxylation is 1. The molecule has 94 valence electrons. The number of aromatic nitrogens is 3. The highest BCUT2D eigenvalue weighted by atomic mass is 79.9. The van der Waals surface area contributed by atoms with Crippen LogP contribution in [0.3, 0.4) is 0 Å². The van der Waals surface area contributed by atoms with Crippen LogP contribution in [-0.4, -0.2) is 20.8 Å². The summed E-state index contributed by atoms with van der Waals surface area (Å²) in [4.78, 5) is 12.4. The molecule has 5 heteroatoms. The first-order chi connectivity index (χ1) is 7.91. The van der Waals surface area contributed by atoms with Crippen LogP contribution in [0, 0.1) is 11.3 Å². The third-order valence-corrected chi connectivity index (χ3v) is 4.26. The lowest BCUT2D eigenvalue weighted by Crippen LogP contribution is -2.27. The lowest BCUT2D eigenvalue weighted by atomic mass is 9.72. The van der Waals surface area contributed by atoms with Gasteiger partial charge < -0.3 is 0 Å². The molecule has 1 aromatic rings. The maximum atomic E-state index is 12.4. The molecule has 1 heterocycles. The van der Waals surface area contributed by atoms with Gasteiger partial charge in [0.2, 0.25) is 0 Å². The molecule has 1 fully saturated rings. The molecule has 0 bridgehead atoms. The van der Waals surface area contributed by atoms with Gasteiger partial charge in [0, 0.05) is 13.0 Å². The average Bonchev–Trinajstić information content (AvgIpc) is 2.58. The third-order valence-electron chi connectivity index (χ3n) is 3.73. The predicted octanol–water partition coefficient (Wildman–Crippen LogP) is 2.98. The second-order valence-corrected chi connectivity index (χ2v) is 6.41. The topological polar surface area (TPSA) is 47.8 Å². The maximum Gasteiger partial charge on any atom is 0.186 e. The number of carbonyl (C=O) groups excluding carboxylic acids is 1. The van der Waals surface area contributed by atoms with Crippen LogP contribution < -0.4 is 0 Å². The Morgan fingerprint density at radius 2 is 2.00 bits per heavy atom. The monoisotopic (exact) mass is 299 g/mol. The van der Waals surface area contributed by atoms with Crippen molar-refractivity contribution in [3.8, 4) is 0 Å². The van der Waals surface area contributed by atoms with Crippen LogP contribution in [0.15, 0.2) is 4.60 Å². The van der Waals surface area contributed by atoms with Crippen LogP contribution in [-0.2, 0) is 7.05 Å². The largest absolute Gasteiger partial charge is 0.292 e. The lowest BCUT2D eigenvalue weighted by molar-refractivity contribution is 0.0827. The van der Waals surface area contributed by atoms with Crippen molar-refractivity contribution >= 4 is 21.7 Å². The van der Waals surface area contributed by atoms with E-state index in [9.17, 15) is 4.79 Å². The highest BCUT2D eigenvalue weighted by Gasteiger charge is 2.33. The van der Waals surface area contributed by atoms with Gasteiger partial charge in [0.1, 0.15) is 5.69 Å². The van der Waals surface area contributed by atoms with Crippen molar-refractivity contribution in [2.75, 3.05) is 0 Å². The van der Waals surface area contributed by atoms with Gasteiger partial charge in [-0.1, -0.05) is 19.1 Å². The Balaban J connectivity index is 2.12. The molecule has 1 aromatic heterocycles. The fraction of sp³-hybridized carbons (Fsp3) is 0.750. The molecule has 0 saturated heterocycles. The smallest absolute Gasteiger partial charge is 0.186 e. The lowest BCUT2D eigenvalue weighted by Gasteiger charge is -2.33. The Morgan fingerprint density at radius 1 is 1.41 bits per heavy atom. The standard InChI is InChI=1S/C12H18BrN3O/c1-12(2)6-4-8(5-7-12)10(17)9-11(13)14-15-16(9)3/h8H,4-7H2,1-3H3. The molecule has 17 heavy (non-hydrogen) atoms. The fourth-order valence-corrected chi connectivity index (χ4v) is 2.97. The number of hydrogen-bond donors (Lipinski definition) is 0. The van der Waals surface area contributed by atoms with Crippen LogP contribution in [0.1, 0.15) is 50.0 Å². The minimum atomic E-state index is 0.136. The van der Waals surface area contributed by atoms with Gasteiger partial charge in [0.25, 0.3) is 0 Å². The number of rotatable bonds is 2. The van der Waals surface area contributed by atoms with E-state index in [4.69, 9.17) is 0 Å². The van der Waals surface area contributed by atoms with Crippen molar-refractivity contribution in [2.24, 2.45) is 18.4 Å². The molecule has 4 nitrogen and oxygen atoms in total. The van der Waals surface area contributed by atoms with Crippen LogP contribution in [0.4, 0.5) is 0 Å². The molecule has 1 aliphatic rings. The summed E-state index contributed by atoms with van der Waals surface area (Å²) < 4.78 is 2.13. The van der Waals surface area contributed by atoms with Crippen LogP contribution in [0.2, 0.25) is 0 Å². The van der Waals surface area contributed by atoms with E-state index in [1.54, 1.807) is 11.7 Å². The van der Waals surface area contributed by atoms with Crippen LogP contribution >= 0.6 is 15.9 Å². The molecule has 0 amide bonds. The molecule has 0 unspecified atom stereocenters. The number of Topliss-reactive ketones (excluding diaryl/α,β-unsaturated/α-hetero) is 1. The molecular formula is C12H18BrN3O. The van der Waals surface area contributed by atoms with Crippen molar-refractivity contribution in [3.63, 3.8) is 0 Å². The number of hydrogen-bond acceptors (Lipinski definition) is 3. The Morgan fingerprint density at radius 3 is 2.47 bits per heavy atom. The van der Waals surface area contributed by atoms with Gasteiger partial charge in [0.05, 0.1) is 0 Å². The van der Waals surface area contributed by atoms with Crippen molar-refractivity contribution in [1.29, 1.82) is 0 Å². The quantitative estimate of drug-likeness (QED) is 0.789. The molecule has 0 aromatic carbocycles. The number of nitrogens with zero attached hydrogens (tertiary/aromatic N) is 3. The van der Waals surface area contributed by atoms with Crippen molar-refractivity contribution in [1.82, 2.24) is 15.0 Å². The van der Waals surface area contributed by atoms with E-state index in [1.807, 2.05) is 0 Å². The summed E-state index contributed by atoms with van der Waals surface area (Å²) in [5.41, 5.74) is 0.994. The van der Waals surface area contributed by atoms with E-state index >= 15 is 0 Å². The van der Waals surface area contributed by atoms with E-state index in [1.165, 1.54) is 0 Å². The van der Waals surface area contributed by atoms with E-state index in [-0.39, 0.29) is 11.7 Å². The van der Waals surface area contributed by atoms with Crippen LogP contribution in [0.5, 0.6) is 0 Å². The Kier molecular flexibility index (Phi) is 3.39. The van der Waals surface area contributed by atoms with E-state index in [0.717, 1.165) is 25.7 Å². The zero-order valence-corrected chi connectivity index (χ0v) is 12.1. The SMILES string of the molecule is Cn1nnc(Br)c1C(=O)C1CCC(C)(C)CC1. The van der Waals surface area contributed by atoms with Crippen molar-refractivity contribution in [3.05, 3.63) is 10.3 Å². The number of carbonyl (C=O) groups is 1.